The second kappa shape index (κ2) is 5.56. The Hall–Kier alpha value is -0.590. The quantitative estimate of drug-likeness (QED) is 0.769. The second-order valence-electron chi connectivity index (χ2n) is 5.95. The van der Waals surface area contributed by atoms with Crippen LogP contribution in [0.4, 0.5) is 0 Å². The third-order valence-electron chi connectivity index (χ3n) is 4.72. The maximum atomic E-state index is 12.8. The van der Waals surface area contributed by atoms with Crippen LogP contribution in [0.3, 0.4) is 0 Å². The summed E-state index contributed by atoms with van der Waals surface area (Å²) in [5.41, 5.74) is 1.29. The highest BCUT2D eigenvalue weighted by Crippen LogP contribution is 2.46. The van der Waals surface area contributed by atoms with E-state index < -0.39 is 0 Å². The number of carbonyl (C=O) groups excluding carboxylic acids is 1. The van der Waals surface area contributed by atoms with Crippen molar-refractivity contribution in [2.24, 2.45) is 0 Å². The predicted octanol–water partition coefficient (Wildman–Crippen LogP) is 3.62. The molecule has 1 aliphatic carbocycles. The lowest BCUT2D eigenvalue weighted by Gasteiger charge is -2.32. The molecule has 3 heterocycles. The highest BCUT2D eigenvalue weighted by atomic mass is 32.2. The van der Waals surface area contributed by atoms with Gasteiger partial charge in [0.2, 0.25) is 0 Å². The molecule has 1 aromatic rings. The molecule has 1 saturated carbocycles. The Kier molecular flexibility index (Phi) is 3.71. The zero-order valence-corrected chi connectivity index (χ0v) is 14.2. The summed E-state index contributed by atoms with van der Waals surface area (Å²) in [5.74, 6) is 1.11. The molecule has 21 heavy (non-hydrogen) atoms. The topological polar surface area (TPSA) is 23.6 Å². The molecule has 1 amide bonds. The number of rotatable bonds is 2. The first-order valence-electron chi connectivity index (χ1n) is 7.56. The van der Waals surface area contributed by atoms with E-state index in [1.54, 1.807) is 11.3 Å². The third-order valence-corrected chi connectivity index (χ3v) is 7.15. The molecule has 4 rings (SSSR count). The number of hydrogen-bond acceptors (Lipinski definition) is 4. The molecule has 0 aromatic carbocycles. The summed E-state index contributed by atoms with van der Waals surface area (Å²) in [6.45, 7) is 0. The first kappa shape index (κ1) is 14.0. The van der Waals surface area contributed by atoms with E-state index >= 15 is 0 Å². The molecule has 0 spiro atoms. The molecule has 0 unspecified atom stereocenters. The molecule has 6 heteroatoms. The molecule has 1 aromatic heterocycles. The Morgan fingerprint density at radius 2 is 2.05 bits per heavy atom. The molecule has 3 aliphatic rings. The lowest BCUT2D eigenvalue weighted by molar-refractivity contribution is -0.129. The first-order valence-corrected chi connectivity index (χ1v) is 9.96. The zero-order valence-electron chi connectivity index (χ0n) is 11.7. The van der Waals surface area contributed by atoms with E-state index in [-0.39, 0.29) is 17.3 Å². The van der Waals surface area contributed by atoms with Gasteiger partial charge >= 0.3 is 0 Å². The van der Waals surface area contributed by atoms with Crippen LogP contribution in [0.25, 0.3) is 0 Å². The van der Waals surface area contributed by atoms with Gasteiger partial charge in [0.15, 0.2) is 5.11 Å². The van der Waals surface area contributed by atoms with Gasteiger partial charge in [0.1, 0.15) is 11.4 Å². The van der Waals surface area contributed by atoms with E-state index in [4.69, 9.17) is 12.2 Å². The Balaban J connectivity index is 1.61. The van der Waals surface area contributed by atoms with Gasteiger partial charge in [-0.05, 0) is 47.4 Å². The van der Waals surface area contributed by atoms with Crippen molar-refractivity contribution in [1.29, 1.82) is 0 Å². The van der Waals surface area contributed by atoms with Crippen molar-refractivity contribution in [3.8, 4) is 0 Å². The largest absolute Gasteiger partial charge is 0.320 e. The molecule has 0 N–H and O–H groups in total. The summed E-state index contributed by atoms with van der Waals surface area (Å²) in [5, 5.41) is 5.28. The molecule has 2 saturated heterocycles. The fourth-order valence-electron chi connectivity index (χ4n) is 3.66. The Morgan fingerprint density at radius 3 is 2.76 bits per heavy atom. The van der Waals surface area contributed by atoms with Crippen molar-refractivity contribution in [2.75, 3.05) is 5.75 Å². The lowest BCUT2D eigenvalue weighted by Crippen LogP contribution is -2.42. The average Bonchev–Trinajstić information content (AvgIpc) is 3.20. The van der Waals surface area contributed by atoms with Crippen LogP contribution in [0.2, 0.25) is 0 Å². The molecule has 2 atom stereocenters. The van der Waals surface area contributed by atoms with E-state index in [9.17, 15) is 4.79 Å². The van der Waals surface area contributed by atoms with Crippen molar-refractivity contribution in [3.05, 3.63) is 22.4 Å². The molecule has 112 valence electrons. The lowest BCUT2D eigenvalue weighted by atomic mass is 9.94. The number of thioether (sulfide) groups is 1. The summed E-state index contributed by atoms with van der Waals surface area (Å²) >= 11 is 9.26. The maximum absolute atomic E-state index is 12.8. The fraction of sp³-hybridized carbons (Fsp3) is 0.600. The van der Waals surface area contributed by atoms with Gasteiger partial charge in [-0.25, -0.2) is 0 Å². The second-order valence-corrected chi connectivity index (χ2v) is 8.21. The van der Waals surface area contributed by atoms with Gasteiger partial charge in [0.25, 0.3) is 5.91 Å². The Morgan fingerprint density at radius 1 is 1.24 bits per heavy atom. The minimum Gasteiger partial charge on any atom is -0.320 e. The molecule has 2 aliphatic heterocycles. The number of thiophene rings is 1. The van der Waals surface area contributed by atoms with Gasteiger partial charge < -0.3 is 4.90 Å². The monoisotopic (exact) mass is 338 g/mol. The number of fused-ring (bicyclic) bond motifs is 1. The highest BCUT2D eigenvalue weighted by molar-refractivity contribution is 7.99. The average molecular weight is 339 g/mol. The summed E-state index contributed by atoms with van der Waals surface area (Å²) < 4.78 is 0. The van der Waals surface area contributed by atoms with Gasteiger partial charge in [-0.2, -0.15) is 11.3 Å². The Bertz CT molecular complexity index is 553. The van der Waals surface area contributed by atoms with Crippen LogP contribution in [-0.2, 0) is 4.79 Å². The van der Waals surface area contributed by atoms with E-state index in [0.29, 0.717) is 6.04 Å². The normalized spacial score (nSPS) is 30.3. The van der Waals surface area contributed by atoms with Crippen LogP contribution >= 0.6 is 35.3 Å². The summed E-state index contributed by atoms with van der Waals surface area (Å²) in [6, 6.07) is 2.47. The zero-order chi connectivity index (χ0) is 14.4. The van der Waals surface area contributed by atoms with Gasteiger partial charge in [-0.3, -0.25) is 9.69 Å². The third kappa shape index (κ3) is 2.23. The van der Waals surface area contributed by atoms with Crippen LogP contribution in [-0.4, -0.2) is 38.7 Å². The summed E-state index contributed by atoms with van der Waals surface area (Å²) in [7, 11) is 0. The molecular formula is C15H18N2OS3. The standard InChI is InChI=1S/C15H18N2OS3/c18-13-12-9-21-14(10-6-7-20-8-10)17(12)15(19)16(13)11-4-2-1-3-5-11/h6-8,11-12,14H,1-5,9H2/t12-,14+/m0/s1. The van der Waals surface area contributed by atoms with E-state index in [1.807, 2.05) is 16.7 Å². The van der Waals surface area contributed by atoms with Gasteiger partial charge in [-0.1, -0.05) is 19.3 Å². The smallest absolute Gasteiger partial charge is 0.252 e. The summed E-state index contributed by atoms with van der Waals surface area (Å²) in [4.78, 5) is 16.9. The number of nitrogens with zero attached hydrogens (tertiary/aromatic N) is 2. The van der Waals surface area contributed by atoms with Crippen molar-refractivity contribution >= 4 is 46.3 Å². The molecule has 3 fully saturated rings. The van der Waals surface area contributed by atoms with Crippen LogP contribution in [0.15, 0.2) is 16.8 Å². The molecule has 0 bridgehead atoms. The van der Waals surface area contributed by atoms with Gasteiger partial charge in [-0.15, -0.1) is 11.8 Å². The Labute approximate surface area is 138 Å². The minimum atomic E-state index is -0.0330. The SMILES string of the molecule is O=C1[C@@H]2CS[C@H](c3ccsc3)N2C(=S)N1C1CCCCC1. The number of amides is 1. The van der Waals surface area contributed by atoms with E-state index in [0.717, 1.165) is 23.7 Å². The number of thiocarbonyl (C=S) groups is 1. The van der Waals surface area contributed by atoms with Crippen LogP contribution in [0, 0.1) is 0 Å². The van der Waals surface area contributed by atoms with Crippen molar-refractivity contribution < 1.29 is 4.79 Å². The van der Waals surface area contributed by atoms with Crippen molar-refractivity contribution in [3.63, 3.8) is 0 Å². The van der Waals surface area contributed by atoms with Crippen LogP contribution in [0.5, 0.6) is 0 Å². The van der Waals surface area contributed by atoms with Crippen LogP contribution in [0.1, 0.15) is 43.0 Å². The van der Waals surface area contributed by atoms with E-state index in [1.165, 1.54) is 24.8 Å². The molecule has 3 nitrogen and oxygen atoms in total. The van der Waals surface area contributed by atoms with Crippen molar-refractivity contribution in [2.45, 2.75) is 49.6 Å². The maximum Gasteiger partial charge on any atom is 0.252 e. The van der Waals surface area contributed by atoms with Gasteiger partial charge in [0, 0.05) is 11.8 Å². The number of carbonyl (C=O) groups is 1. The number of hydrogen-bond donors (Lipinski definition) is 0. The molecule has 0 radical (unpaired) electrons. The fourth-order valence-corrected chi connectivity index (χ4v) is 6.37. The van der Waals surface area contributed by atoms with Gasteiger partial charge in [0.05, 0.1) is 0 Å². The van der Waals surface area contributed by atoms with E-state index in [2.05, 4.69) is 21.7 Å². The van der Waals surface area contributed by atoms with Crippen molar-refractivity contribution in [1.82, 2.24) is 9.80 Å². The highest BCUT2D eigenvalue weighted by Gasteiger charge is 2.52. The molecular weight excluding hydrogens is 320 g/mol. The first-order chi connectivity index (χ1) is 10.3. The summed E-state index contributed by atoms with van der Waals surface area (Å²) in [6.07, 6.45) is 5.98. The minimum absolute atomic E-state index is 0.0330. The predicted molar refractivity (Wildman–Crippen MR) is 91.5 cm³/mol. The van der Waals surface area contributed by atoms with Crippen LogP contribution < -0.4 is 0 Å².